The van der Waals surface area contributed by atoms with Crippen molar-refractivity contribution in [2.45, 2.75) is 32.7 Å². The molecule has 0 unspecified atom stereocenters. The molecule has 0 amide bonds. The average molecular weight is 251 g/mol. The molecule has 0 spiro atoms. The third-order valence-corrected chi connectivity index (χ3v) is 3.27. The molecule has 0 radical (unpaired) electrons. The van der Waals surface area contributed by atoms with Gasteiger partial charge in [-0.25, -0.2) is 9.18 Å². The monoisotopic (exact) mass is 251 g/mol. The molecule has 3 nitrogen and oxygen atoms in total. The van der Waals surface area contributed by atoms with Gasteiger partial charge in [-0.3, -0.25) is 0 Å². The zero-order valence-electron chi connectivity index (χ0n) is 10.7. The molecule has 1 aliphatic rings. The van der Waals surface area contributed by atoms with E-state index >= 15 is 0 Å². The standard InChI is InChI=1S/C14H18FNO2/c1-9(2)16(8-10-3-4-10)13-6-5-11(15)7-12(13)14(17)18/h5-7,9-10H,3-4,8H2,1-2H3,(H,17,18). The van der Waals surface area contributed by atoms with Crippen molar-refractivity contribution < 1.29 is 14.3 Å². The van der Waals surface area contributed by atoms with E-state index in [0.29, 0.717) is 11.6 Å². The lowest BCUT2D eigenvalue weighted by atomic mass is 10.1. The maximum absolute atomic E-state index is 13.2. The van der Waals surface area contributed by atoms with Crippen LogP contribution in [0.3, 0.4) is 0 Å². The molecular weight excluding hydrogens is 233 g/mol. The van der Waals surface area contributed by atoms with Gasteiger partial charge in [-0.2, -0.15) is 0 Å². The summed E-state index contributed by atoms with van der Waals surface area (Å²) in [5.74, 6) is -0.934. The maximum atomic E-state index is 13.2. The number of carboxylic acids is 1. The largest absolute Gasteiger partial charge is 0.478 e. The molecule has 0 aromatic heterocycles. The van der Waals surface area contributed by atoms with Crippen LogP contribution < -0.4 is 4.90 Å². The number of hydrogen-bond acceptors (Lipinski definition) is 2. The van der Waals surface area contributed by atoms with Crippen molar-refractivity contribution in [2.24, 2.45) is 5.92 Å². The molecule has 1 N–H and O–H groups in total. The third-order valence-electron chi connectivity index (χ3n) is 3.27. The van der Waals surface area contributed by atoms with E-state index in [9.17, 15) is 14.3 Å². The Balaban J connectivity index is 2.35. The topological polar surface area (TPSA) is 40.5 Å². The van der Waals surface area contributed by atoms with Crippen LogP contribution in [0, 0.1) is 11.7 Å². The molecule has 1 aromatic carbocycles. The highest BCUT2D eigenvalue weighted by Crippen LogP contribution is 2.33. The molecule has 0 atom stereocenters. The van der Waals surface area contributed by atoms with Crippen molar-refractivity contribution in [3.05, 3.63) is 29.6 Å². The lowest BCUT2D eigenvalue weighted by Crippen LogP contribution is -2.34. The predicted octanol–water partition coefficient (Wildman–Crippen LogP) is 3.15. The van der Waals surface area contributed by atoms with Crippen LogP contribution in [-0.2, 0) is 0 Å². The first kappa shape index (κ1) is 12.9. The van der Waals surface area contributed by atoms with Crippen molar-refractivity contribution in [1.82, 2.24) is 0 Å². The van der Waals surface area contributed by atoms with E-state index in [1.165, 1.54) is 18.9 Å². The molecule has 1 aromatic rings. The van der Waals surface area contributed by atoms with Gasteiger partial charge in [0.1, 0.15) is 5.82 Å². The van der Waals surface area contributed by atoms with Gasteiger partial charge in [-0.15, -0.1) is 0 Å². The highest BCUT2D eigenvalue weighted by atomic mass is 19.1. The molecule has 1 saturated carbocycles. The minimum atomic E-state index is -1.08. The third kappa shape index (κ3) is 2.81. The van der Waals surface area contributed by atoms with Crippen LogP contribution >= 0.6 is 0 Å². The Morgan fingerprint density at radius 3 is 2.67 bits per heavy atom. The fourth-order valence-corrected chi connectivity index (χ4v) is 2.10. The molecule has 0 saturated heterocycles. The minimum absolute atomic E-state index is 0.0457. The van der Waals surface area contributed by atoms with E-state index < -0.39 is 11.8 Å². The number of hydrogen-bond donors (Lipinski definition) is 1. The van der Waals surface area contributed by atoms with Crippen LogP contribution in [0.4, 0.5) is 10.1 Å². The smallest absolute Gasteiger partial charge is 0.337 e. The first-order valence-electron chi connectivity index (χ1n) is 6.28. The van der Waals surface area contributed by atoms with E-state index in [0.717, 1.165) is 12.6 Å². The number of carbonyl (C=O) groups is 1. The Morgan fingerprint density at radius 1 is 1.50 bits per heavy atom. The zero-order chi connectivity index (χ0) is 13.3. The SMILES string of the molecule is CC(C)N(CC1CC1)c1ccc(F)cc1C(=O)O. The van der Waals surface area contributed by atoms with Gasteiger partial charge in [0, 0.05) is 12.6 Å². The fourth-order valence-electron chi connectivity index (χ4n) is 2.10. The minimum Gasteiger partial charge on any atom is -0.478 e. The van der Waals surface area contributed by atoms with Crippen LogP contribution in [0.25, 0.3) is 0 Å². The van der Waals surface area contributed by atoms with Crippen molar-refractivity contribution in [1.29, 1.82) is 0 Å². The van der Waals surface area contributed by atoms with Crippen molar-refractivity contribution in [2.75, 3.05) is 11.4 Å². The molecule has 1 fully saturated rings. The van der Waals surface area contributed by atoms with Gasteiger partial charge in [0.2, 0.25) is 0 Å². The summed E-state index contributed by atoms with van der Waals surface area (Å²) in [6.07, 6.45) is 2.40. The zero-order valence-corrected chi connectivity index (χ0v) is 10.7. The Kier molecular flexibility index (Phi) is 3.55. The van der Waals surface area contributed by atoms with Gasteiger partial charge in [0.25, 0.3) is 0 Å². The summed E-state index contributed by atoms with van der Waals surface area (Å²) in [6.45, 7) is 4.90. The van der Waals surface area contributed by atoms with Crippen LogP contribution in [0.5, 0.6) is 0 Å². The fraction of sp³-hybridized carbons (Fsp3) is 0.500. The molecular formula is C14H18FNO2. The predicted molar refractivity (Wildman–Crippen MR) is 68.6 cm³/mol. The van der Waals surface area contributed by atoms with Crippen LogP contribution in [-0.4, -0.2) is 23.7 Å². The second kappa shape index (κ2) is 4.96. The summed E-state index contributed by atoms with van der Waals surface area (Å²) in [5, 5.41) is 9.18. The number of anilines is 1. The van der Waals surface area contributed by atoms with Gasteiger partial charge in [-0.05, 0) is 50.8 Å². The van der Waals surface area contributed by atoms with Gasteiger partial charge >= 0.3 is 5.97 Å². The first-order valence-corrected chi connectivity index (χ1v) is 6.28. The molecule has 1 aliphatic carbocycles. The van der Waals surface area contributed by atoms with Crippen molar-refractivity contribution >= 4 is 11.7 Å². The Labute approximate surface area is 106 Å². The second-order valence-electron chi connectivity index (χ2n) is 5.16. The molecule has 98 valence electrons. The van der Waals surface area contributed by atoms with E-state index in [1.54, 1.807) is 6.07 Å². The summed E-state index contributed by atoms with van der Waals surface area (Å²) >= 11 is 0. The number of carboxylic acid groups (broad SMARTS) is 1. The highest BCUT2D eigenvalue weighted by molar-refractivity contribution is 5.94. The Morgan fingerprint density at radius 2 is 2.17 bits per heavy atom. The lowest BCUT2D eigenvalue weighted by Gasteiger charge is -2.30. The summed E-state index contributed by atoms with van der Waals surface area (Å²) in [7, 11) is 0. The van der Waals surface area contributed by atoms with Gasteiger partial charge in [0.15, 0.2) is 0 Å². The maximum Gasteiger partial charge on any atom is 0.337 e. The summed E-state index contributed by atoms with van der Waals surface area (Å²) in [5.41, 5.74) is 0.662. The van der Waals surface area contributed by atoms with E-state index in [2.05, 4.69) is 4.90 Å². The Hall–Kier alpha value is -1.58. The Bertz CT molecular complexity index is 455. The average Bonchev–Trinajstić information content (AvgIpc) is 3.09. The number of nitrogens with zero attached hydrogens (tertiary/aromatic N) is 1. The van der Waals surface area contributed by atoms with Crippen LogP contribution in [0.15, 0.2) is 18.2 Å². The quantitative estimate of drug-likeness (QED) is 0.874. The van der Waals surface area contributed by atoms with Gasteiger partial charge < -0.3 is 10.0 Å². The number of halogens is 1. The molecule has 2 rings (SSSR count). The molecule has 4 heteroatoms. The lowest BCUT2D eigenvalue weighted by molar-refractivity contribution is 0.0697. The summed E-state index contributed by atoms with van der Waals surface area (Å²) < 4.78 is 13.2. The van der Waals surface area contributed by atoms with Gasteiger partial charge in [0.05, 0.1) is 11.3 Å². The number of aromatic carboxylic acids is 1. The van der Waals surface area contributed by atoms with Crippen LogP contribution in [0.1, 0.15) is 37.0 Å². The van der Waals surface area contributed by atoms with Crippen molar-refractivity contribution in [3.63, 3.8) is 0 Å². The van der Waals surface area contributed by atoms with Crippen molar-refractivity contribution in [3.8, 4) is 0 Å². The second-order valence-corrected chi connectivity index (χ2v) is 5.16. The van der Waals surface area contributed by atoms with E-state index in [-0.39, 0.29) is 11.6 Å². The highest BCUT2D eigenvalue weighted by Gasteiger charge is 2.27. The molecule has 0 aliphatic heterocycles. The molecule has 0 bridgehead atoms. The molecule has 18 heavy (non-hydrogen) atoms. The normalized spacial score (nSPS) is 14.9. The number of rotatable bonds is 5. The van der Waals surface area contributed by atoms with Crippen LogP contribution in [0.2, 0.25) is 0 Å². The van der Waals surface area contributed by atoms with E-state index in [1.807, 2.05) is 13.8 Å². The number of benzene rings is 1. The summed E-state index contributed by atoms with van der Waals surface area (Å²) in [4.78, 5) is 13.3. The molecule has 0 heterocycles. The van der Waals surface area contributed by atoms with Gasteiger partial charge in [-0.1, -0.05) is 0 Å². The van der Waals surface area contributed by atoms with E-state index in [4.69, 9.17) is 0 Å². The first-order chi connectivity index (χ1) is 8.49. The summed E-state index contributed by atoms with van der Waals surface area (Å²) in [6, 6.07) is 4.19.